The average molecular weight is 164 g/mol. The second-order valence-corrected chi connectivity index (χ2v) is 2.50. The van der Waals surface area contributed by atoms with E-state index in [0.29, 0.717) is 17.7 Å². The first-order valence-corrected chi connectivity index (χ1v) is 3.53. The molecule has 1 aromatic rings. The molecule has 1 radical (unpaired) electrons. The molecule has 2 rings (SSSR count). The number of nitro benzene ring substituents is 1. The standard InChI is InChI=1S/C8H6NO3/c10-9(11)7-2-1-3-8-6(7)4-5-12-8/h1-3,5H,4H2. The molecule has 0 atom stereocenters. The largest absolute Gasteiger partial charge is 0.486 e. The molecule has 0 bridgehead atoms. The molecule has 0 fully saturated rings. The zero-order chi connectivity index (χ0) is 8.55. The molecular formula is C8H6NO3. The molecule has 0 saturated carbocycles. The van der Waals surface area contributed by atoms with Crippen LogP contribution in [0.2, 0.25) is 0 Å². The Balaban J connectivity index is 2.56. The molecule has 1 heterocycles. The van der Waals surface area contributed by atoms with Gasteiger partial charge in [-0.1, -0.05) is 6.07 Å². The molecule has 12 heavy (non-hydrogen) atoms. The fourth-order valence-electron chi connectivity index (χ4n) is 1.26. The van der Waals surface area contributed by atoms with E-state index in [1.54, 1.807) is 18.7 Å². The van der Waals surface area contributed by atoms with Crippen LogP contribution in [0.3, 0.4) is 0 Å². The fraction of sp³-hybridized carbons (Fsp3) is 0.125. The number of hydrogen-bond donors (Lipinski definition) is 0. The normalized spacial score (nSPS) is 13.7. The van der Waals surface area contributed by atoms with Gasteiger partial charge in [-0.25, -0.2) is 0 Å². The zero-order valence-corrected chi connectivity index (χ0v) is 6.19. The van der Waals surface area contributed by atoms with Gasteiger partial charge in [-0.15, -0.1) is 0 Å². The van der Waals surface area contributed by atoms with E-state index in [-0.39, 0.29) is 10.6 Å². The van der Waals surface area contributed by atoms with Crippen LogP contribution in [-0.2, 0) is 6.42 Å². The van der Waals surface area contributed by atoms with Gasteiger partial charge in [0, 0.05) is 12.5 Å². The van der Waals surface area contributed by atoms with Gasteiger partial charge < -0.3 is 4.74 Å². The van der Waals surface area contributed by atoms with Gasteiger partial charge in [0.05, 0.1) is 10.5 Å². The summed E-state index contributed by atoms with van der Waals surface area (Å²) >= 11 is 0. The summed E-state index contributed by atoms with van der Waals surface area (Å²) in [5.41, 5.74) is 0.809. The lowest BCUT2D eigenvalue weighted by Crippen LogP contribution is -1.91. The number of nitro groups is 1. The van der Waals surface area contributed by atoms with Crippen LogP contribution in [0.4, 0.5) is 5.69 Å². The highest BCUT2D eigenvalue weighted by atomic mass is 16.6. The minimum absolute atomic E-state index is 0.140. The summed E-state index contributed by atoms with van der Waals surface area (Å²) in [6.45, 7) is 1.57. The van der Waals surface area contributed by atoms with E-state index in [2.05, 4.69) is 0 Å². The molecule has 0 N–H and O–H groups in total. The molecule has 4 heteroatoms. The van der Waals surface area contributed by atoms with Crippen LogP contribution in [-0.4, -0.2) is 4.92 Å². The first kappa shape index (κ1) is 7.09. The van der Waals surface area contributed by atoms with Crippen molar-refractivity contribution >= 4 is 5.69 Å². The summed E-state index contributed by atoms with van der Waals surface area (Å²) in [4.78, 5) is 10.1. The first-order valence-electron chi connectivity index (χ1n) is 3.53. The number of fused-ring (bicyclic) bond motifs is 1. The molecule has 1 aliphatic rings. The highest BCUT2D eigenvalue weighted by Gasteiger charge is 2.22. The number of ether oxygens (including phenoxy) is 1. The van der Waals surface area contributed by atoms with Crippen molar-refractivity contribution in [1.29, 1.82) is 0 Å². The van der Waals surface area contributed by atoms with E-state index in [1.807, 2.05) is 0 Å². The lowest BCUT2D eigenvalue weighted by Gasteiger charge is -1.97. The summed E-state index contributed by atoms with van der Waals surface area (Å²) in [5, 5.41) is 10.5. The second kappa shape index (κ2) is 2.48. The molecule has 0 spiro atoms. The molecule has 0 unspecified atom stereocenters. The van der Waals surface area contributed by atoms with Gasteiger partial charge in [0.15, 0.2) is 0 Å². The van der Waals surface area contributed by atoms with Crippen LogP contribution in [0.5, 0.6) is 5.75 Å². The van der Waals surface area contributed by atoms with E-state index >= 15 is 0 Å². The predicted octanol–water partition coefficient (Wildman–Crippen LogP) is 1.69. The Morgan fingerprint density at radius 1 is 1.50 bits per heavy atom. The molecule has 61 valence electrons. The second-order valence-electron chi connectivity index (χ2n) is 2.50. The van der Waals surface area contributed by atoms with Crippen LogP contribution >= 0.6 is 0 Å². The van der Waals surface area contributed by atoms with Gasteiger partial charge in [0.2, 0.25) is 0 Å². The Kier molecular flexibility index (Phi) is 1.46. The molecule has 0 amide bonds. The zero-order valence-electron chi connectivity index (χ0n) is 6.19. The van der Waals surface area contributed by atoms with Crippen LogP contribution in [0.25, 0.3) is 0 Å². The van der Waals surface area contributed by atoms with Gasteiger partial charge in [0.25, 0.3) is 5.69 Å². The third-order valence-electron chi connectivity index (χ3n) is 1.80. The maximum Gasteiger partial charge on any atom is 0.276 e. The number of rotatable bonds is 1. The van der Waals surface area contributed by atoms with Crippen molar-refractivity contribution in [1.82, 2.24) is 0 Å². The van der Waals surface area contributed by atoms with Crippen molar-refractivity contribution in [3.8, 4) is 5.75 Å². The van der Waals surface area contributed by atoms with E-state index in [1.165, 1.54) is 6.07 Å². The van der Waals surface area contributed by atoms with Gasteiger partial charge in [0.1, 0.15) is 12.4 Å². The fourth-order valence-corrected chi connectivity index (χ4v) is 1.26. The van der Waals surface area contributed by atoms with Crippen molar-refractivity contribution in [2.45, 2.75) is 6.42 Å². The lowest BCUT2D eigenvalue weighted by molar-refractivity contribution is -0.385. The van der Waals surface area contributed by atoms with Gasteiger partial charge in [-0.3, -0.25) is 10.1 Å². The highest BCUT2D eigenvalue weighted by molar-refractivity contribution is 5.52. The quantitative estimate of drug-likeness (QED) is 0.468. The van der Waals surface area contributed by atoms with Crippen molar-refractivity contribution in [3.63, 3.8) is 0 Å². The Labute approximate surface area is 68.9 Å². The molecule has 0 saturated heterocycles. The third-order valence-corrected chi connectivity index (χ3v) is 1.80. The summed E-state index contributed by atoms with van der Waals surface area (Å²) in [6, 6.07) is 4.84. The predicted molar refractivity (Wildman–Crippen MR) is 41.7 cm³/mol. The van der Waals surface area contributed by atoms with Crippen LogP contribution < -0.4 is 4.74 Å². The van der Waals surface area contributed by atoms with E-state index < -0.39 is 0 Å². The monoisotopic (exact) mass is 164 g/mol. The van der Waals surface area contributed by atoms with Crippen molar-refractivity contribution in [2.24, 2.45) is 0 Å². The summed E-state index contributed by atoms with van der Waals surface area (Å²) in [5.74, 6) is 0.601. The topological polar surface area (TPSA) is 52.4 Å². The molecule has 0 aliphatic carbocycles. The third kappa shape index (κ3) is 0.922. The Morgan fingerprint density at radius 2 is 2.33 bits per heavy atom. The van der Waals surface area contributed by atoms with Gasteiger partial charge in [-0.05, 0) is 6.07 Å². The highest BCUT2D eigenvalue weighted by Crippen LogP contribution is 2.33. The van der Waals surface area contributed by atoms with Crippen LogP contribution in [0.1, 0.15) is 5.56 Å². The Morgan fingerprint density at radius 3 is 3.08 bits per heavy atom. The van der Waals surface area contributed by atoms with Crippen LogP contribution in [0, 0.1) is 16.7 Å². The minimum Gasteiger partial charge on any atom is -0.486 e. The molecule has 1 aromatic carbocycles. The molecule has 0 aromatic heterocycles. The maximum atomic E-state index is 10.5. The molecule has 4 nitrogen and oxygen atoms in total. The van der Waals surface area contributed by atoms with Crippen LogP contribution in [0.15, 0.2) is 18.2 Å². The SMILES string of the molecule is O=[N+]([O-])c1cccc2c1C[CH]O2. The van der Waals surface area contributed by atoms with Crippen molar-refractivity contribution in [3.05, 3.63) is 40.5 Å². The van der Waals surface area contributed by atoms with E-state index in [9.17, 15) is 10.1 Å². The van der Waals surface area contributed by atoms with Crippen molar-refractivity contribution in [2.75, 3.05) is 0 Å². The van der Waals surface area contributed by atoms with Gasteiger partial charge in [-0.2, -0.15) is 0 Å². The van der Waals surface area contributed by atoms with Gasteiger partial charge >= 0.3 is 0 Å². The minimum atomic E-state index is -0.388. The summed E-state index contributed by atoms with van der Waals surface area (Å²) in [7, 11) is 0. The summed E-state index contributed by atoms with van der Waals surface area (Å²) < 4.78 is 5.06. The maximum absolute atomic E-state index is 10.5. The summed E-state index contributed by atoms with van der Waals surface area (Å²) in [6.07, 6.45) is 0.520. The Hall–Kier alpha value is -1.58. The lowest BCUT2D eigenvalue weighted by atomic mass is 10.1. The number of hydrogen-bond acceptors (Lipinski definition) is 3. The van der Waals surface area contributed by atoms with E-state index in [4.69, 9.17) is 4.74 Å². The van der Waals surface area contributed by atoms with Crippen molar-refractivity contribution < 1.29 is 9.66 Å². The number of benzene rings is 1. The molecule has 1 aliphatic heterocycles. The Bertz CT molecular complexity index is 335. The molecular weight excluding hydrogens is 158 g/mol. The average Bonchev–Trinajstić information content (AvgIpc) is 2.49. The first-order chi connectivity index (χ1) is 5.79. The smallest absolute Gasteiger partial charge is 0.276 e. The number of nitrogens with zero attached hydrogens (tertiary/aromatic N) is 1. The van der Waals surface area contributed by atoms with E-state index in [0.717, 1.165) is 0 Å².